The summed E-state index contributed by atoms with van der Waals surface area (Å²) < 4.78 is 0. The van der Waals surface area contributed by atoms with Crippen LogP contribution in [0.2, 0.25) is 0 Å². The van der Waals surface area contributed by atoms with E-state index in [1.54, 1.807) is 0 Å². The summed E-state index contributed by atoms with van der Waals surface area (Å²) in [7, 11) is 0. The molecule has 0 radical (unpaired) electrons. The van der Waals surface area contributed by atoms with Gasteiger partial charge in [0.2, 0.25) is 0 Å². The van der Waals surface area contributed by atoms with Crippen molar-refractivity contribution >= 4 is 17.3 Å². The van der Waals surface area contributed by atoms with E-state index < -0.39 is 5.92 Å². The third kappa shape index (κ3) is 1.92. The van der Waals surface area contributed by atoms with Crippen LogP contribution >= 0.6 is 0 Å². The molecular formula is C20H28O4. The predicted molar refractivity (Wildman–Crippen MR) is 88.1 cm³/mol. The molecule has 7 atom stereocenters. The van der Waals surface area contributed by atoms with Crippen LogP contribution in [0.3, 0.4) is 0 Å². The highest BCUT2D eigenvalue weighted by Gasteiger charge is 2.65. The van der Waals surface area contributed by atoms with E-state index >= 15 is 0 Å². The second-order valence-corrected chi connectivity index (χ2v) is 9.20. The number of Topliss-reactive ketones (excluding diaryl/α,β-unsaturated/α-hetero) is 3. The lowest BCUT2D eigenvalue weighted by molar-refractivity contribution is -0.170. The summed E-state index contributed by atoms with van der Waals surface area (Å²) in [5.41, 5.74) is -0.392. The fourth-order valence-corrected chi connectivity index (χ4v) is 6.95. The molecule has 4 rings (SSSR count). The predicted octanol–water partition coefficient (Wildman–Crippen LogP) is 2.56. The van der Waals surface area contributed by atoms with E-state index in [2.05, 4.69) is 13.8 Å². The third-order valence-corrected chi connectivity index (χ3v) is 8.44. The van der Waals surface area contributed by atoms with E-state index in [4.69, 9.17) is 0 Å². The fraction of sp³-hybridized carbons (Fsp3) is 0.850. The lowest BCUT2D eigenvalue weighted by atomic mass is 9.43. The number of hydrogen-bond acceptors (Lipinski definition) is 4. The molecule has 0 aliphatic heterocycles. The van der Waals surface area contributed by atoms with Crippen LogP contribution in [0.5, 0.6) is 0 Å². The molecule has 4 aliphatic carbocycles. The number of aliphatic hydroxyl groups excluding tert-OH is 1. The molecule has 4 aliphatic rings. The Morgan fingerprint density at radius 2 is 1.75 bits per heavy atom. The van der Waals surface area contributed by atoms with E-state index in [1.165, 1.54) is 0 Å². The van der Waals surface area contributed by atoms with Gasteiger partial charge in [0.05, 0.1) is 6.61 Å². The topological polar surface area (TPSA) is 71.4 Å². The summed E-state index contributed by atoms with van der Waals surface area (Å²) in [6.45, 7) is 4.15. The van der Waals surface area contributed by atoms with E-state index in [0.29, 0.717) is 25.0 Å². The molecule has 0 amide bonds. The van der Waals surface area contributed by atoms with Crippen LogP contribution in [0.15, 0.2) is 0 Å². The Balaban J connectivity index is 1.77. The minimum absolute atomic E-state index is 0.0149. The minimum Gasteiger partial charge on any atom is -0.396 e. The Morgan fingerprint density at radius 3 is 2.46 bits per heavy atom. The van der Waals surface area contributed by atoms with Gasteiger partial charge in [0.1, 0.15) is 17.3 Å². The Labute approximate surface area is 143 Å². The molecule has 0 aromatic heterocycles. The number of ketones is 3. The van der Waals surface area contributed by atoms with Crippen molar-refractivity contribution in [2.24, 2.45) is 40.4 Å². The van der Waals surface area contributed by atoms with E-state index in [0.717, 1.165) is 25.7 Å². The Bertz CT molecular complexity index is 611. The average molecular weight is 332 g/mol. The fourth-order valence-electron chi connectivity index (χ4n) is 6.95. The summed E-state index contributed by atoms with van der Waals surface area (Å²) in [6.07, 6.45) is 5.08. The minimum atomic E-state index is -0.418. The molecule has 7 unspecified atom stereocenters. The molecule has 1 N–H and O–H groups in total. The molecule has 0 aromatic carbocycles. The first kappa shape index (κ1) is 16.4. The molecule has 4 fully saturated rings. The van der Waals surface area contributed by atoms with Gasteiger partial charge in [0.15, 0.2) is 0 Å². The zero-order valence-corrected chi connectivity index (χ0v) is 14.7. The first-order valence-electron chi connectivity index (χ1n) is 9.52. The Kier molecular flexibility index (Phi) is 3.58. The molecule has 0 saturated heterocycles. The standard InChI is InChI=1S/C20H28O4/c1-19-7-5-11(22)9-15(19)12(10-21)18(24)17-13-3-4-16(23)20(13,2)8-6-14(17)19/h12-15,17,21H,3-10H2,1-2H3. The summed E-state index contributed by atoms with van der Waals surface area (Å²) in [6, 6.07) is 0. The van der Waals surface area contributed by atoms with Gasteiger partial charge >= 0.3 is 0 Å². The van der Waals surface area contributed by atoms with Gasteiger partial charge < -0.3 is 5.11 Å². The van der Waals surface area contributed by atoms with Crippen molar-refractivity contribution in [3.8, 4) is 0 Å². The molecule has 24 heavy (non-hydrogen) atoms. The second kappa shape index (κ2) is 5.23. The van der Waals surface area contributed by atoms with Gasteiger partial charge in [-0.25, -0.2) is 0 Å². The number of hydrogen-bond donors (Lipinski definition) is 1. The molecule has 0 bridgehead atoms. The molecule has 4 nitrogen and oxygen atoms in total. The van der Waals surface area contributed by atoms with Gasteiger partial charge in [-0.15, -0.1) is 0 Å². The molecule has 0 spiro atoms. The molecule has 4 heteroatoms. The average Bonchev–Trinajstić information content (AvgIpc) is 2.85. The number of fused-ring (bicyclic) bond motifs is 5. The number of carbonyl (C=O) groups is 3. The SMILES string of the molecule is CC12CCC3C(C(=O)C(CO)C4CC(=O)CCC43C)C1CCC2=O. The maximum Gasteiger partial charge on any atom is 0.142 e. The largest absolute Gasteiger partial charge is 0.396 e. The Morgan fingerprint density at radius 1 is 1.00 bits per heavy atom. The van der Waals surface area contributed by atoms with Crippen LogP contribution < -0.4 is 0 Å². The van der Waals surface area contributed by atoms with Crippen molar-refractivity contribution < 1.29 is 19.5 Å². The van der Waals surface area contributed by atoms with Crippen LogP contribution in [0.4, 0.5) is 0 Å². The smallest absolute Gasteiger partial charge is 0.142 e. The third-order valence-electron chi connectivity index (χ3n) is 8.44. The van der Waals surface area contributed by atoms with Gasteiger partial charge in [0.25, 0.3) is 0 Å². The Hall–Kier alpha value is -1.03. The lowest BCUT2D eigenvalue weighted by Crippen LogP contribution is -2.61. The van der Waals surface area contributed by atoms with Crippen molar-refractivity contribution in [3.05, 3.63) is 0 Å². The zero-order valence-electron chi connectivity index (χ0n) is 14.7. The second-order valence-electron chi connectivity index (χ2n) is 9.20. The first-order valence-corrected chi connectivity index (χ1v) is 9.52. The van der Waals surface area contributed by atoms with Crippen LogP contribution in [0.25, 0.3) is 0 Å². The van der Waals surface area contributed by atoms with Crippen molar-refractivity contribution in [3.63, 3.8) is 0 Å². The van der Waals surface area contributed by atoms with E-state index in [1.807, 2.05) is 0 Å². The molecular weight excluding hydrogens is 304 g/mol. The normalized spacial score (nSPS) is 51.1. The monoisotopic (exact) mass is 332 g/mol. The molecule has 0 heterocycles. The summed E-state index contributed by atoms with van der Waals surface area (Å²) in [5.74, 6) is 0.587. The maximum atomic E-state index is 13.3. The van der Waals surface area contributed by atoms with E-state index in [-0.39, 0.29) is 52.7 Å². The lowest BCUT2D eigenvalue weighted by Gasteiger charge is -2.60. The maximum absolute atomic E-state index is 13.3. The zero-order chi connectivity index (χ0) is 17.3. The van der Waals surface area contributed by atoms with Gasteiger partial charge in [-0.1, -0.05) is 13.8 Å². The van der Waals surface area contributed by atoms with Gasteiger partial charge in [0, 0.05) is 36.5 Å². The summed E-state index contributed by atoms with van der Waals surface area (Å²) >= 11 is 0. The van der Waals surface area contributed by atoms with Crippen molar-refractivity contribution in [1.82, 2.24) is 0 Å². The van der Waals surface area contributed by atoms with Gasteiger partial charge in [-0.05, 0) is 48.9 Å². The molecule has 132 valence electrons. The van der Waals surface area contributed by atoms with Gasteiger partial charge in [-0.3, -0.25) is 14.4 Å². The molecule has 4 saturated carbocycles. The summed E-state index contributed by atoms with van der Waals surface area (Å²) in [4.78, 5) is 37.8. The van der Waals surface area contributed by atoms with Crippen LogP contribution in [-0.4, -0.2) is 29.1 Å². The number of carbonyl (C=O) groups excluding carboxylic acids is 3. The highest BCUT2D eigenvalue weighted by atomic mass is 16.3. The number of aliphatic hydroxyl groups is 1. The first-order chi connectivity index (χ1) is 11.3. The quantitative estimate of drug-likeness (QED) is 0.801. The van der Waals surface area contributed by atoms with Crippen molar-refractivity contribution in [1.29, 1.82) is 0 Å². The van der Waals surface area contributed by atoms with Crippen LogP contribution in [0, 0.1) is 40.4 Å². The van der Waals surface area contributed by atoms with Crippen molar-refractivity contribution in [2.75, 3.05) is 6.61 Å². The number of rotatable bonds is 1. The van der Waals surface area contributed by atoms with Crippen molar-refractivity contribution in [2.45, 2.75) is 58.8 Å². The summed E-state index contributed by atoms with van der Waals surface area (Å²) in [5, 5.41) is 9.95. The van der Waals surface area contributed by atoms with Gasteiger partial charge in [-0.2, -0.15) is 0 Å². The highest BCUT2D eigenvalue weighted by molar-refractivity contribution is 5.92. The van der Waals surface area contributed by atoms with Crippen LogP contribution in [0.1, 0.15) is 58.8 Å². The molecule has 0 aromatic rings. The highest BCUT2D eigenvalue weighted by Crippen LogP contribution is 2.65. The van der Waals surface area contributed by atoms with E-state index in [9.17, 15) is 19.5 Å². The van der Waals surface area contributed by atoms with Crippen LogP contribution in [-0.2, 0) is 14.4 Å².